The van der Waals surface area contributed by atoms with Gasteiger partial charge in [0, 0.05) is 33.0 Å². The molecule has 1 aliphatic carbocycles. The Labute approximate surface area is 337 Å². The molecule has 2 heterocycles. The lowest BCUT2D eigenvalue weighted by atomic mass is 9.89. The summed E-state index contributed by atoms with van der Waals surface area (Å²) in [5.41, 5.74) is 14.3. The number of nitriles is 1. The summed E-state index contributed by atoms with van der Waals surface area (Å²) in [5.74, 6) is 2.33. The summed E-state index contributed by atoms with van der Waals surface area (Å²) in [7, 11) is 0. The lowest BCUT2D eigenvalue weighted by molar-refractivity contribution is 0.669. The van der Waals surface area contributed by atoms with Crippen LogP contribution in [0.4, 0.5) is 0 Å². The van der Waals surface area contributed by atoms with Gasteiger partial charge in [0.25, 0.3) is 0 Å². The molecule has 0 saturated carbocycles. The van der Waals surface area contributed by atoms with E-state index in [-0.39, 0.29) is 0 Å². The zero-order chi connectivity index (χ0) is 39.0. The van der Waals surface area contributed by atoms with Crippen LogP contribution in [0.2, 0.25) is 0 Å². The molecular formula is C53H36N4O. The topological polar surface area (TPSA) is 75.6 Å². The molecule has 1 unspecified atom stereocenters. The molecule has 10 rings (SSSR count). The van der Waals surface area contributed by atoms with Crippen molar-refractivity contribution in [1.82, 2.24) is 15.0 Å². The maximum atomic E-state index is 9.18. The van der Waals surface area contributed by atoms with Crippen molar-refractivity contribution in [3.05, 3.63) is 193 Å². The number of aromatic nitrogens is 3. The third kappa shape index (κ3) is 6.47. The van der Waals surface area contributed by atoms with Gasteiger partial charge >= 0.3 is 0 Å². The van der Waals surface area contributed by atoms with Gasteiger partial charge in [-0.2, -0.15) is 5.26 Å². The molecule has 1 aliphatic rings. The summed E-state index contributed by atoms with van der Waals surface area (Å²) >= 11 is 0. The van der Waals surface area contributed by atoms with Crippen molar-refractivity contribution in [3.63, 3.8) is 0 Å². The molecule has 0 aliphatic heterocycles. The quantitative estimate of drug-likeness (QED) is 0.162. The third-order valence-electron chi connectivity index (χ3n) is 11.1. The summed E-state index contributed by atoms with van der Waals surface area (Å²) in [6.45, 7) is 2.22. The number of benzene rings is 7. The lowest BCUT2D eigenvalue weighted by Gasteiger charge is -2.17. The minimum atomic E-state index is 0.310. The van der Waals surface area contributed by atoms with Crippen LogP contribution in [0.1, 0.15) is 24.7 Å². The molecule has 0 saturated heterocycles. The van der Waals surface area contributed by atoms with Gasteiger partial charge in [-0.3, -0.25) is 0 Å². The molecule has 0 spiro atoms. The van der Waals surface area contributed by atoms with Gasteiger partial charge in [0.1, 0.15) is 11.2 Å². The molecule has 58 heavy (non-hydrogen) atoms. The molecule has 2 aromatic heterocycles. The van der Waals surface area contributed by atoms with Crippen molar-refractivity contribution < 1.29 is 4.42 Å². The van der Waals surface area contributed by atoms with Gasteiger partial charge in [0.15, 0.2) is 17.5 Å². The van der Waals surface area contributed by atoms with Crippen LogP contribution >= 0.6 is 0 Å². The highest BCUT2D eigenvalue weighted by Gasteiger charge is 2.21. The Morgan fingerprint density at radius 1 is 0.517 bits per heavy atom. The second-order valence-electron chi connectivity index (χ2n) is 14.7. The van der Waals surface area contributed by atoms with E-state index in [9.17, 15) is 5.26 Å². The Kier molecular flexibility index (Phi) is 8.85. The highest BCUT2D eigenvalue weighted by atomic mass is 16.3. The van der Waals surface area contributed by atoms with Crippen LogP contribution in [0.3, 0.4) is 0 Å². The van der Waals surface area contributed by atoms with Crippen LogP contribution in [0, 0.1) is 17.2 Å². The van der Waals surface area contributed by atoms with Crippen molar-refractivity contribution in [2.24, 2.45) is 5.92 Å². The van der Waals surface area contributed by atoms with Crippen LogP contribution < -0.4 is 0 Å². The van der Waals surface area contributed by atoms with Crippen LogP contribution in [-0.2, 0) is 0 Å². The van der Waals surface area contributed by atoms with Gasteiger partial charge in [0.2, 0.25) is 0 Å². The Bertz CT molecular complexity index is 3060. The SMILES string of the molecule is CC1CC=CC=C1c1nc(-c2ccccc2)nc(-c2ccc(-c3c(-c4ccc(-c5ccc(-c6ccc(C#N)cc6)cc5)cc4)ccc4oc5ccccc5c34)cc2)n1. The third-order valence-corrected chi connectivity index (χ3v) is 11.1. The van der Waals surface area contributed by atoms with E-state index in [2.05, 4.69) is 128 Å². The Hall–Kier alpha value is -7.68. The second kappa shape index (κ2) is 14.8. The average molecular weight is 745 g/mol. The molecule has 7 aromatic carbocycles. The van der Waals surface area contributed by atoms with E-state index < -0.39 is 0 Å². The summed E-state index contributed by atoms with van der Waals surface area (Å²) in [6.07, 6.45) is 7.37. The molecule has 9 aromatic rings. The first-order chi connectivity index (χ1) is 28.6. The number of allylic oxidation sites excluding steroid dienone is 4. The summed E-state index contributed by atoms with van der Waals surface area (Å²) in [5, 5.41) is 11.3. The van der Waals surface area contributed by atoms with E-state index in [1.165, 1.54) is 0 Å². The number of hydrogen-bond donors (Lipinski definition) is 0. The molecule has 0 radical (unpaired) electrons. The highest BCUT2D eigenvalue weighted by molar-refractivity contribution is 6.16. The zero-order valence-corrected chi connectivity index (χ0v) is 31.8. The number of fused-ring (bicyclic) bond motifs is 3. The summed E-state index contributed by atoms with van der Waals surface area (Å²) in [4.78, 5) is 15.0. The van der Waals surface area contributed by atoms with Crippen LogP contribution in [0.25, 0.3) is 94.8 Å². The molecule has 0 N–H and O–H groups in total. The van der Waals surface area contributed by atoms with Gasteiger partial charge < -0.3 is 4.42 Å². The molecule has 274 valence electrons. The largest absolute Gasteiger partial charge is 0.456 e. The standard InChI is InChI=1S/C53H36N4O/c1-34-9-5-6-12-44(34)53-56-51(42-10-3-2-4-11-42)55-52(57-53)43-29-27-41(28-30-43)49-45(31-32-48-50(49)46-13-7-8-14-47(46)58-48)40-25-23-39(24-26-40)38-21-19-37(20-22-38)36-17-15-35(33-54)16-18-36/h2-8,10-32,34H,9H2,1H3. The van der Waals surface area contributed by atoms with Crippen molar-refractivity contribution in [2.75, 3.05) is 0 Å². The highest BCUT2D eigenvalue weighted by Crippen LogP contribution is 2.43. The molecule has 0 fully saturated rings. The van der Waals surface area contributed by atoms with Crippen molar-refractivity contribution >= 4 is 27.5 Å². The average Bonchev–Trinajstić information content (AvgIpc) is 3.68. The van der Waals surface area contributed by atoms with Gasteiger partial charge in [-0.15, -0.1) is 0 Å². The number of rotatable bonds is 7. The molecule has 1 atom stereocenters. The fraction of sp³-hybridized carbons (Fsp3) is 0.0566. The maximum absolute atomic E-state index is 9.18. The van der Waals surface area contributed by atoms with Gasteiger partial charge in [-0.25, -0.2) is 15.0 Å². The van der Waals surface area contributed by atoms with Gasteiger partial charge in [-0.05, 0) is 75.5 Å². The minimum Gasteiger partial charge on any atom is -0.456 e. The van der Waals surface area contributed by atoms with E-state index in [1.807, 2.05) is 66.7 Å². The number of furan rings is 1. The predicted octanol–water partition coefficient (Wildman–Crippen LogP) is 13.6. The van der Waals surface area contributed by atoms with E-state index in [4.69, 9.17) is 19.4 Å². The Morgan fingerprint density at radius 3 is 1.69 bits per heavy atom. The van der Waals surface area contributed by atoms with Gasteiger partial charge in [-0.1, -0.05) is 165 Å². The van der Waals surface area contributed by atoms with Crippen molar-refractivity contribution in [1.29, 1.82) is 5.26 Å². The summed E-state index contributed by atoms with van der Waals surface area (Å²) < 4.78 is 6.41. The molecule has 5 heteroatoms. The monoisotopic (exact) mass is 744 g/mol. The molecule has 0 bridgehead atoms. The fourth-order valence-corrected chi connectivity index (χ4v) is 7.97. The maximum Gasteiger partial charge on any atom is 0.164 e. The first kappa shape index (κ1) is 34.8. The van der Waals surface area contributed by atoms with Crippen LogP contribution in [-0.4, -0.2) is 15.0 Å². The second-order valence-corrected chi connectivity index (χ2v) is 14.7. The summed E-state index contributed by atoms with van der Waals surface area (Å²) in [6, 6.07) is 58.5. The lowest BCUT2D eigenvalue weighted by Crippen LogP contribution is -2.08. The Balaban J connectivity index is 1.04. The number of nitrogens with zero attached hydrogens (tertiary/aromatic N) is 4. The fourth-order valence-electron chi connectivity index (χ4n) is 7.97. The zero-order valence-electron chi connectivity index (χ0n) is 31.8. The van der Waals surface area contributed by atoms with Crippen molar-refractivity contribution in [3.8, 4) is 73.4 Å². The normalized spacial score (nSPS) is 13.7. The predicted molar refractivity (Wildman–Crippen MR) is 235 cm³/mol. The smallest absolute Gasteiger partial charge is 0.164 e. The van der Waals surface area contributed by atoms with Gasteiger partial charge in [0.05, 0.1) is 11.6 Å². The first-order valence-corrected chi connectivity index (χ1v) is 19.5. The molecular weight excluding hydrogens is 709 g/mol. The van der Waals surface area contributed by atoms with Crippen molar-refractivity contribution in [2.45, 2.75) is 13.3 Å². The van der Waals surface area contributed by atoms with Crippen LogP contribution in [0.5, 0.6) is 0 Å². The number of hydrogen-bond acceptors (Lipinski definition) is 5. The van der Waals surface area contributed by atoms with E-state index in [0.717, 1.165) is 89.6 Å². The van der Waals surface area contributed by atoms with E-state index in [1.54, 1.807) is 0 Å². The van der Waals surface area contributed by atoms with E-state index >= 15 is 0 Å². The minimum absolute atomic E-state index is 0.310. The molecule has 0 amide bonds. The number of para-hydroxylation sites is 1. The molecule has 5 nitrogen and oxygen atoms in total. The van der Waals surface area contributed by atoms with Crippen LogP contribution in [0.15, 0.2) is 186 Å². The Morgan fingerprint density at radius 2 is 1.05 bits per heavy atom. The first-order valence-electron chi connectivity index (χ1n) is 19.5. The van der Waals surface area contributed by atoms with E-state index in [0.29, 0.717) is 29.0 Å².